The highest BCUT2D eigenvalue weighted by Gasteiger charge is 2.03. The van der Waals surface area contributed by atoms with Crippen molar-refractivity contribution >= 4 is 0 Å². The molecule has 0 spiro atoms. The Morgan fingerprint density at radius 3 is 2.14 bits per heavy atom. The van der Waals surface area contributed by atoms with Gasteiger partial charge in [-0.15, -0.1) is 0 Å². The first-order valence-electron chi connectivity index (χ1n) is 7.76. The standard InChI is InChI=1S/C16H30N4O/c1-14-2-4-15(5-3-14)12-16(17)13-20-9-8-18-6-7-19-10-11-21/h2-5,16,18-21H,6-13,17H2,1H3. The zero-order valence-corrected chi connectivity index (χ0v) is 13.1. The molecule has 0 amide bonds. The molecule has 0 fully saturated rings. The smallest absolute Gasteiger partial charge is 0.0555 e. The summed E-state index contributed by atoms with van der Waals surface area (Å²) < 4.78 is 0. The Labute approximate surface area is 128 Å². The number of aliphatic hydroxyl groups excluding tert-OH is 1. The summed E-state index contributed by atoms with van der Waals surface area (Å²) in [6.07, 6.45) is 0.909. The van der Waals surface area contributed by atoms with Crippen molar-refractivity contribution in [1.29, 1.82) is 0 Å². The number of aliphatic hydroxyl groups is 1. The van der Waals surface area contributed by atoms with Gasteiger partial charge in [-0.05, 0) is 18.9 Å². The van der Waals surface area contributed by atoms with E-state index in [4.69, 9.17) is 10.8 Å². The van der Waals surface area contributed by atoms with Crippen molar-refractivity contribution in [2.75, 3.05) is 45.9 Å². The van der Waals surface area contributed by atoms with E-state index < -0.39 is 0 Å². The van der Waals surface area contributed by atoms with Gasteiger partial charge in [-0.2, -0.15) is 0 Å². The van der Waals surface area contributed by atoms with Crippen molar-refractivity contribution in [3.63, 3.8) is 0 Å². The summed E-state index contributed by atoms with van der Waals surface area (Å²) in [5.74, 6) is 0. The Hall–Kier alpha value is -0.980. The number of nitrogens with one attached hydrogen (secondary N) is 3. The number of benzene rings is 1. The van der Waals surface area contributed by atoms with Crippen LogP contribution in [0.5, 0.6) is 0 Å². The van der Waals surface area contributed by atoms with Crippen LogP contribution in [0.3, 0.4) is 0 Å². The monoisotopic (exact) mass is 294 g/mol. The fourth-order valence-corrected chi connectivity index (χ4v) is 2.07. The third-order valence-electron chi connectivity index (χ3n) is 3.27. The first-order chi connectivity index (χ1) is 10.2. The molecule has 5 heteroatoms. The molecule has 120 valence electrons. The van der Waals surface area contributed by atoms with Crippen molar-refractivity contribution < 1.29 is 5.11 Å². The SMILES string of the molecule is Cc1ccc(CC(N)CNCCNCCNCCO)cc1. The average molecular weight is 294 g/mol. The van der Waals surface area contributed by atoms with Gasteiger partial charge >= 0.3 is 0 Å². The first kappa shape index (κ1) is 18.1. The van der Waals surface area contributed by atoms with Crippen molar-refractivity contribution in [3.05, 3.63) is 35.4 Å². The van der Waals surface area contributed by atoms with Crippen molar-refractivity contribution in [1.82, 2.24) is 16.0 Å². The summed E-state index contributed by atoms with van der Waals surface area (Å²) in [5, 5.41) is 18.4. The van der Waals surface area contributed by atoms with Gasteiger partial charge < -0.3 is 26.8 Å². The molecule has 0 heterocycles. The minimum Gasteiger partial charge on any atom is -0.395 e. The van der Waals surface area contributed by atoms with Crippen molar-refractivity contribution in [2.45, 2.75) is 19.4 Å². The molecule has 0 radical (unpaired) electrons. The lowest BCUT2D eigenvalue weighted by molar-refractivity contribution is 0.292. The molecule has 1 aromatic rings. The second-order valence-corrected chi connectivity index (χ2v) is 5.38. The minimum atomic E-state index is 0.152. The molecule has 0 bridgehead atoms. The number of hydrogen-bond acceptors (Lipinski definition) is 5. The minimum absolute atomic E-state index is 0.152. The topological polar surface area (TPSA) is 82.3 Å². The van der Waals surface area contributed by atoms with Crippen molar-refractivity contribution in [2.24, 2.45) is 5.73 Å². The lowest BCUT2D eigenvalue weighted by atomic mass is 10.1. The lowest BCUT2D eigenvalue weighted by Crippen LogP contribution is -2.39. The van der Waals surface area contributed by atoms with E-state index in [1.165, 1.54) is 11.1 Å². The highest BCUT2D eigenvalue weighted by atomic mass is 16.3. The molecule has 0 aliphatic heterocycles. The van der Waals surface area contributed by atoms with Crippen LogP contribution in [-0.4, -0.2) is 57.0 Å². The van der Waals surface area contributed by atoms with E-state index in [9.17, 15) is 0 Å². The third kappa shape index (κ3) is 9.55. The number of hydrogen-bond donors (Lipinski definition) is 5. The van der Waals surface area contributed by atoms with Gasteiger partial charge in [0.15, 0.2) is 0 Å². The zero-order chi connectivity index (χ0) is 15.3. The largest absolute Gasteiger partial charge is 0.395 e. The van der Waals surface area contributed by atoms with E-state index in [1.807, 2.05) is 0 Å². The van der Waals surface area contributed by atoms with Gasteiger partial charge in [0.1, 0.15) is 0 Å². The summed E-state index contributed by atoms with van der Waals surface area (Å²) >= 11 is 0. The van der Waals surface area contributed by atoms with Crippen LogP contribution < -0.4 is 21.7 Å². The molecule has 1 aromatic carbocycles. The second kappa shape index (κ2) is 11.7. The van der Waals surface area contributed by atoms with Gasteiger partial charge in [0.2, 0.25) is 0 Å². The van der Waals surface area contributed by atoms with Gasteiger partial charge in [0.05, 0.1) is 6.61 Å². The average Bonchev–Trinajstić information content (AvgIpc) is 2.48. The van der Waals surface area contributed by atoms with Crippen LogP contribution in [0, 0.1) is 6.92 Å². The molecule has 0 aliphatic rings. The molecular weight excluding hydrogens is 264 g/mol. The molecule has 0 saturated carbocycles. The molecular formula is C16H30N4O. The Kier molecular flexibility index (Phi) is 10.0. The molecule has 0 aromatic heterocycles. The van der Waals surface area contributed by atoms with E-state index in [0.717, 1.165) is 39.1 Å². The van der Waals surface area contributed by atoms with Crippen LogP contribution in [0.4, 0.5) is 0 Å². The normalized spacial score (nSPS) is 12.5. The second-order valence-electron chi connectivity index (χ2n) is 5.38. The number of rotatable bonds is 12. The van der Waals surface area contributed by atoms with E-state index >= 15 is 0 Å². The first-order valence-corrected chi connectivity index (χ1v) is 7.76. The van der Waals surface area contributed by atoms with Crippen molar-refractivity contribution in [3.8, 4) is 0 Å². The van der Waals surface area contributed by atoms with Gasteiger partial charge in [0.25, 0.3) is 0 Å². The highest BCUT2D eigenvalue weighted by molar-refractivity contribution is 5.22. The zero-order valence-electron chi connectivity index (χ0n) is 13.1. The van der Waals surface area contributed by atoms with E-state index in [1.54, 1.807) is 0 Å². The summed E-state index contributed by atoms with van der Waals surface area (Å²) in [5.41, 5.74) is 8.70. The fraction of sp³-hybridized carbons (Fsp3) is 0.625. The molecule has 0 saturated heterocycles. The van der Waals surface area contributed by atoms with Gasteiger partial charge in [-0.25, -0.2) is 0 Å². The number of nitrogens with two attached hydrogens (primary N) is 1. The predicted octanol–water partition coefficient (Wildman–Crippen LogP) is -0.374. The summed E-state index contributed by atoms with van der Waals surface area (Å²) in [4.78, 5) is 0. The van der Waals surface area contributed by atoms with Crippen LogP contribution in [0.25, 0.3) is 0 Å². The molecule has 0 aliphatic carbocycles. The Bertz CT molecular complexity index is 356. The van der Waals surface area contributed by atoms with Crippen LogP contribution in [0.2, 0.25) is 0 Å². The number of aryl methyl sites for hydroxylation is 1. The maximum absolute atomic E-state index is 8.61. The molecule has 1 atom stereocenters. The molecule has 1 unspecified atom stereocenters. The Morgan fingerprint density at radius 2 is 1.52 bits per heavy atom. The molecule has 5 nitrogen and oxygen atoms in total. The van der Waals surface area contributed by atoms with E-state index in [0.29, 0.717) is 6.54 Å². The maximum atomic E-state index is 8.61. The van der Waals surface area contributed by atoms with E-state index in [2.05, 4.69) is 47.1 Å². The fourth-order valence-electron chi connectivity index (χ4n) is 2.07. The summed E-state index contributed by atoms with van der Waals surface area (Å²) in [7, 11) is 0. The van der Waals surface area contributed by atoms with E-state index in [-0.39, 0.29) is 12.6 Å². The maximum Gasteiger partial charge on any atom is 0.0555 e. The molecule has 6 N–H and O–H groups in total. The van der Waals surface area contributed by atoms with Gasteiger partial charge in [-0.1, -0.05) is 29.8 Å². The van der Waals surface area contributed by atoms with Gasteiger partial charge in [-0.3, -0.25) is 0 Å². The summed E-state index contributed by atoms with van der Waals surface area (Å²) in [6.45, 7) is 7.42. The van der Waals surface area contributed by atoms with Crippen LogP contribution in [-0.2, 0) is 6.42 Å². The van der Waals surface area contributed by atoms with Crippen LogP contribution >= 0.6 is 0 Å². The Balaban J connectivity index is 1.96. The molecule has 1 rings (SSSR count). The molecule has 21 heavy (non-hydrogen) atoms. The van der Waals surface area contributed by atoms with Crippen LogP contribution in [0.1, 0.15) is 11.1 Å². The highest BCUT2D eigenvalue weighted by Crippen LogP contribution is 2.04. The summed E-state index contributed by atoms with van der Waals surface area (Å²) in [6, 6.07) is 8.71. The quantitative estimate of drug-likeness (QED) is 0.340. The Morgan fingerprint density at radius 1 is 0.952 bits per heavy atom. The third-order valence-corrected chi connectivity index (χ3v) is 3.27. The predicted molar refractivity (Wildman–Crippen MR) is 88.6 cm³/mol. The lowest BCUT2D eigenvalue weighted by Gasteiger charge is -2.13. The van der Waals surface area contributed by atoms with Crippen LogP contribution in [0.15, 0.2) is 24.3 Å². The van der Waals surface area contributed by atoms with Gasteiger partial charge in [0, 0.05) is 45.3 Å².